The fourth-order valence-corrected chi connectivity index (χ4v) is 4.99. The quantitative estimate of drug-likeness (QED) is 0.461. The van der Waals surface area contributed by atoms with Crippen molar-refractivity contribution in [3.05, 3.63) is 85.8 Å². The van der Waals surface area contributed by atoms with Gasteiger partial charge in [0.05, 0.1) is 4.88 Å². The normalized spacial score (nSPS) is 14.6. The zero-order valence-electron chi connectivity index (χ0n) is 18.2. The highest BCUT2D eigenvalue weighted by Crippen LogP contribution is 2.25. The van der Waals surface area contributed by atoms with E-state index < -0.39 is 0 Å². The molecule has 2 heterocycles. The number of rotatable bonds is 6. The number of aryl methyl sites for hydroxylation is 2. The standard InChI is InChI=1S/C25H26ClFN2O2S/c1-17-4-3-5-18(2)24(17)31-15-19-12-23(32-16-19)25(30)29-10-8-28(9-11-29)14-20-6-7-21(27)13-22(20)26/h3-7,12-13,16H,8-11,14-15H2,1-2H3. The number of thiophene rings is 1. The van der Waals surface area contributed by atoms with E-state index in [1.807, 2.05) is 48.4 Å². The summed E-state index contributed by atoms with van der Waals surface area (Å²) in [5.74, 6) is 0.640. The van der Waals surface area contributed by atoms with E-state index in [1.54, 1.807) is 6.07 Å². The minimum atomic E-state index is -0.330. The van der Waals surface area contributed by atoms with Crippen molar-refractivity contribution in [3.8, 4) is 5.75 Å². The molecule has 168 valence electrons. The van der Waals surface area contributed by atoms with Gasteiger partial charge in [0, 0.05) is 43.3 Å². The first-order valence-electron chi connectivity index (χ1n) is 10.6. The zero-order chi connectivity index (χ0) is 22.7. The number of nitrogens with zero attached hydrogens (tertiary/aromatic N) is 2. The highest BCUT2D eigenvalue weighted by molar-refractivity contribution is 7.12. The monoisotopic (exact) mass is 472 g/mol. The Kier molecular flexibility index (Phi) is 7.13. The topological polar surface area (TPSA) is 32.8 Å². The first kappa shape index (κ1) is 22.8. The summed E-state index contributed by atoms with van der Waals surface area (Å²) < 4.78 is 19.3. The molecule has 0 spiro atoms. The van der Waals surface area contributed by atoms with Crippen LogP contribution in [0.1, 0.15) is 31.9 Å². The molecule has 0 bridgehead atoms. The van der Waals surface area contributed by atoms with Crippen LogP contribution in [-0.4, -0.2) is 41.9 Å². The van der Waals surface area contributed by atoms with E-state index in [0.29, 0.717) is 31.3 Å². The molecule has 0 aliphatic carbocycles. The van der Waals surface area contributed by atoms with Gasteiger partial charge in [-0.05, 0) is 54.1 Å². The van der Waals surface area contributed by atoms with Gasteiger partial charge in [-0.2, -0.15) is 0 Å². The zero-order valence-corrected chi connectivity index (χ0v) is 19.8. The van der Waals surface area contributed by atoms with Gasteiger partial charge in [-0.25, -0.2) is 4.39 Å². The van der Waals surface area contributed by atoms with Crippen LogP contribution in [0.2, 0.25) is 5.02 Å². The molecular weight excluding hydrogens is 447 g/mol. The van der Waals surface area contributed by atoms with Crippen LogP contribution < -0.4 is 4.74 Å². The van der Waals surface area contributed by atoms with E-state index in [0.717, 1.165) is 46.0 Å². The van der Waals surface area contributed by atoms with Gasteiger partial charge in [0.25, 0.3) is 5.91 Å². The Hall–Kier alpha value is -2.41. The lowest BCUT2D eigenvalue weighted by molar-refractivity contribution is 0.0633. The first-order chi connectivity index (χ1) is 15.4. The average Bonchev–Trinajstić information content (AvgIpc) is 3.24. The molecule has 32 heavy (non-hydrogen) atoms. The SMILES string of the molecule is Cc1cccc(C)c1OCc1csc(C(=O)N2CCN(Cc3ccc(F)cc3Cl)CC2)c1. The largest absolute Gasteiger partial charge is 0.488 e. The lowest BCUT2D eigenvalue weighted by Gasteiger charge is -2.34. The number of piperazine rings is 1. The van der Waals surface area contributed by atoms with Crippen molar-refractivity contribution in [2.45, 2.75) is 27.0 Å². The highest BCUT2D eigenvalue weighted by Gasteiger charge is 2.23. The van der Waals surface area contributed by atoms with Crippen LogP contribution in [0.5, 0.6) is 5.75 Å². The molecule has 1 aromatic heterocycles. The predicted octanol–water partition coefficient (Wildman–Crippen LogP) is 5.69. The summed E-state index contributed by atoms with van der Waals surface area (Å²) in [7, 11) is 0. The molecule has 2 aromatic carbocycles. The lowest BCUT2D eigenvalue weighted by Crippen LogP contribution is -2.48. The summed E-state index contributed by atoms with van der Waals surface area (Å²) in [6.07, 6.45) is 0. The summed E-state index contributed by atoms with van der Waals surface area (Å²) in [6, 6.07) is 12.5. The number of para-hydroxylation sites is 1. The molecular formula is C25H26ClFN2O2S. The van der Waals surface area contributed by atoms with Crippen molar-refractivity contribution in [1.29, 1.82) is 0 Å². The molecule has 0 radical (unpaired) electrons. The molecule has 1 fully saturated rings. The maximum Gasteiger partial charge on any atom is 0.264 e. The summed E-state index contributed by atoms with van der Waals surface area (Å²) in [6.45, 7) is 8.00. The molecule has 4 rings (SSSR count). The van der Waals surface area contributed by atoms with E-state index in [-0.39, 0.29) is 11.7 Å². The van der Waals surface area contributed by atoms with Crippen LogP contribution >= 0.6 is 22.9 Å². The Morgan fingerprint density at radius 3 is 2.50 bits per heavy atom. The Balaban J connectivity index is 1.30. The lowest BCUT2D eigenvalue weighted by atomic mass is 10.1. The third-order valence-electron chi connectivity index (χ3n) is 5.73. The van der Waals surface area contributed by atoms with Crippen molar-refractivity contribution in [1.82, 2.24) is 9.80 Å². The highest BCUT2D eigenvalue weighted by atomic mass is 35.5. The van der Waals surface area contributed by atoms with Crippen molar-refractivity contribution < 1.29 is 13.9 Å². The molecule has 0 unspecified atom stereocenters. The van der Waals surface area contributed by atoms with Crippen LogP contribution in [-0.2, 0) is 13.2 Å². The Morgan fingerprint density at radius 1 is 1.09 bits per heavy atom. The minimum Gasteiger partial charge on any atom is -0.488 e. The van der Waals surface area contributed by atoms with Gasteiger partial charge in [-0.15, -0.1) is 11.3 Å². The van der Waals surface area contributed by atoms with E-state index >= 15 is 0 Å². The molecule has 1 aliphatic rings. The summed E-state index contributed by atoms with van der Waals surface area (Å²) in [4.78, 5) is 17.8. The van der Waals surface area contributed by atoms with E-state index in [4.69, 9.17) is 16.3 Å². The first-order valence-corrected chi connectivity index (χ1v) is 11.9. The second-order valence-corrected chi connectivity index (χ2v) is 9.45. The molecule has 1 amide bonds. The Bertz CT molecular complexity index is 1090. The van der Waals surface area contributed by atoms with Crippen LogP contribution in [0.15, 0.2) is 47.8 Å². The van der Waals surface area contributed by atoms with Gasteiger partial charge in [0.1, 0.15) is 18.2 Å². The number of benzene rings is 2. The fraction of sp³-hybridized carbons (Fsp3) is 0.320. The van der Waals surface area contributed by atoms with Gasteiger partial charge < -0.3 is 9.64 Å². The Labute approximate surface area is 197 Å². The van der Waals surface area contributed by atoms with Crippen LogP contribution in [0, 0.1) is 19.7 Å². The van der Waals surface area contributed by atoms with E-state index in [9.17, 15) is 9.18 Å². The maximum atomic E-state index is 13.3. The van der Waals surface area contributed by atoms with Gasteiger partial charge in [0.2, 0.25) is 0 Å². The van der Waals surface area contributed by atoms with Gasteiger partial charge in [-0.3, -0.25) is 9.69 Å². The van der Waals surface area contributed by atoms with Crippen LogP contribution in [0.25, 0.3) is 0 Å². The number of hydrogen-bond acceptors (Lipinski definition) is 4. The molecule has 0 saturated carbocycles. The second-order valence-electron chi connectivity index (χ2n) is 8.13. The van der Waals surface area contributed by atoms with Crippen molar-refractivity contribution in [3.63, 3.8) is 0 Å². The molecule has 0 N–H and O–H groups in total. The van der Waals surface area contributed by atoms with E-state index in [2.05, 4.69) is 4.90 Å². The van der Waals surface area contributed by atoms with Gasteiger partial charge >= 0.3 is 0 Å². The summed E-state index contributed by atoms with van der Waals surface area (Å²) in [5, 5.41) is 2.44. The molecule has 1 aliphatic heterocycles. The number of halogens is 2. The molecule has 4 nitrogen and oxygen atoms in total. The van der Waals surface area contributed by atoms with Crippen molar-refractivity contribution >= 4 is 28.8 Å². The van der Waals surface area contributed by atoms with Crippen LogP contribution in [0.3, 0.4) is 0 Å². The maximum absolute atomic E-state index is 13.3. The number of carbonyl (C=O) groups is 1. The van der Waals surface area contributed by atoms with E-state index in [1.165, 1.54) is 23.5 Å². The van der Waals surface area contributed by atoms with Crippen molar-refractivity contribution in [2.24, 2.45) is 0 Å². The summed E-state index contributed by atoms with van der Waals surface area (Å²) >= 11 is 7.62. The number of carbonyl (C=O) groups excluding carboxylic acids is 1. The number of amides is 1. The smallest absolute Gasteiger partial charge is 0.264 e. The van der Waals surface area contributed by atoms with Gasteiger partial charge in [-0.1, -0.05) is 35.9 Å². The number of hydrogen-bond donors (Lipinski definition) is 0. The van der Waals surface area contributed by atoms with Crippen LogP contribution in [0.4, 0.5) is 4.39 Å². The minimum absolute atomic E-state index is 0.0628. The third-order valence-corrected chi connectivity index (χ3v) is 7.04. The third kappa shape index (κ3) is 5.31. The van der Waals surface area contributed by atoms with Gasteiger partial charge in [0.15, 0.2) is 0 Å². The molecule has 0 atom stereocenters. The second kappa shape index (κ2) is 10.0. The predicted molar refractivity (Wildman–Crippen MR) is 127 cm³/mol. The number of ether oxygens (including phenoxy) is 1. The van der Waals surface area contributed by atoms with Crippen molar-refractivity contribution in [2.75, 3.05) is 26.2 Å². The average molecular weight is 473 g/mol. The fourth-order valence-electron chi connectivity index (χ4n) is 3.90. The molecule has 1 saturated heterocycles. The Morgan fingerprint density at radius 2 is 1.81 bits per heavy atom. The molecule has 3 aromatic rings. The molecule has 7 heteroatoms. The summed E-state index contributed by atoms with van der Waals surface area (Å²) in [5.41, 5.74) is 4.12.